The average Bonchev–Trinajstić information content (AvgIpc) is 2.88. The van der Waals surface area contributed by atoms with E-state index in [0.717, 1.165) is 21.9 Å². The topological polar surface area (TPSA) is 46.9 Å². The zero-order valence-corrected chi connectivity index (χ0v) is 13.4. The molecule has 0 radical (unpaired) electrons. The fraction of sp³-hybridized carbons (Fsp3) is 0.176. The van der Waals surface area contributed by atoms with Gasteiger partial charge >= 0.3 is 0 Å². The number of nitrogens with one attached hydrogen (secondary N) is 1. The van der Waals surface area contributed by atoms with Crippen LogP contribution in [0, 0.1) is 5.82 Å². The molecule has 2 aromatic carbocycles. The molecule has 3 rings (SSSR count). The van der Waals surface area contributed by atoms with E-state index in [4.69, 9.17) is 0 Å². The summed E-state index contributed by atoms with van der Waals surface area (Å²) in [4.78, 5) is 16.9. The minimum absolute atomic E-state index is 0.167. The third-order valence-corrected chi connectivity index (χ3v) is 4.18. The van der Waals surface area contributed by atoms with Gasteiger partial charge in [0.05, 0.1) is 11.0 Å². The summed E-state index contributed by atoms with van der Waals surface area (Å²) >= 11 is 1.60. The van der Waals surface area contributed by atoms with Crippen molar-refractivity contribution in [3.8, 4) is 0 Å². The van der Waals surface area contributed by atoms with Gasteiger partial charge in [0.1, 0.15) is 12.4 Å². The Bertz CT molecular complexity index is 829. The van der Waals surface area contributed by atoms with Crippen LogP contribution in [0.1, 0.15) is 6.92 Å². The maximum absolute atomic E-state index is 12.9. The van der Waals surface area contributed by atoms with Crippen molar-refractivity contribution in [1.82, 2.24) is 9.55 Å². The van der Waals surface area contributed by atoms with Gasteiger partial charge in [0.2, 0.25) is 5.91 Å². The molecule has 0 aliphatic heterocycles. The number of rotatable bonds is 5. The van der Waals surface area contributed by atoms with Crippen LogP contribution in [0.2, 0.25) is 0 Å². The summed E-state index contributed by atoms with van der Waals surface area (Å²) in [5, 5.41) is 3.60. The number of hydrogen-bond donors (Lipinski definition) is 1. The van der Waals surface area contributed by atoms with E-state index >= 15 is 0 Å². The summed E-state index contributed by atoms with van der Waals surface area (Å²) in [7, 11) is 0. The number of carbonyl (C=O) groups excluding carboxylic acids is 1. The maximum Gasteiger partial charge on any atom is 0.244 e. The molecular weight excluding hydrogens is 313 g/mol. The SMILES string of the molecule is CCSc1nc2ccccc2n1CC(=O)Nc1ccc(F)cc1. The van der Waals surface area contributed by atoms with Gasteiger partial charge in [-0.3, -0.25) is 4.79 Å². The summed E-state index contributed by atoms with van der Waals surface area (Å²) in [6.07, 6.45) is 0. The van der Waals surface area contributed by atoms with Gasteiger partial charge in [-0.05, 0) is 42.2 Å². The smallest absolute Gasteiger partial charge is 0.244 e. The lowest BCUT2D eigenvalue weighted by molar-refractivity contribution is -0.116. The van der Waals surface area contributed by atoms with Gasteiger partial charge in [0, 0.05) is 5.69 Å². The molecule has 1 N–H and O–H groups in total. The predicted octanol–water partition coefficient (Wildman–Crippen LogP) is 3.93. The average molecular weight is 329 g/mol. The van der Waals surface area contributed by atoms with Gasteiger partial charge in [-0.1, -0.05) is 30.8 Å². The highest BCUT2D eigenvalue weighted by Crippen LogP contribution is 2.24. The Labute approximate surface area is 137 Å². The van der Waals surface area contributed by atoms with Crippen LogP contribution in [0.15, 0.2) is 53.7 Å². The van der Waals surface area contributed by atoms with Gasteiger partial charge in [0.15, 0.2) is 5.16 Å². The van der Waals surface area contributed by atoms with Gasteiger partial charge in [0.25, 0.3) is 0 Å². The molecular formula is C17H16FN3OS. The molecule has 0 saturated heterocycles. The second-order valence-corrected chi connectivity index (χ2v) is 6.19. The summed E-state index contributed by atoms with van der Waals surface area (Å²) in [6.45, 7) is 2.22. The first-order chi connectivity index (χ1) is 11.2. The fourth-order valence-electron chi connectivity index (χ4n) is 2.32. The van der Waals surface area contributed by atoms with Crippen LogP contribution in [-0.4, -0.2) is 21.2 Å². The third kappa shape index (κ3) is 3.53. The van der Waals surface area contributed by atoms with Gasteiger partial charge < -0.3 is 9.88 Å². The lowest BCUT2D eigenvalue weighted by atomic mass is 10.3. The highest BCUT2D eigenvalue weighted by molar-refractivity contribution is 7.99. The Hall–Kier alpha value is -2.34. The maximum atomic E-state index is 12.9. The molecule has 23 heavy (non-hydrogen) atoms. The van der Waals surface area contributed by atoms with E-state index in [1.54, 1.807) is 23.9 Å². The summed E-state index contributed by atoms with van der Waals surface area (Å²) in [5.74, 6) is 0.381. The van der Waals surface area contributed by atoms with Crippen LogP contribution in [0.5, 0.6) is 0 Å². The fourth-order valence-corrected chi connectivity index (χ4v) is 3.06. The zero-order valence-electron chi connectivity index (χ0n) is 12.6. The van der Waals surface area contributed by atoms with Crippen molar-refractivity contribution in [2.24, 2.45) is 0 Å². The largest absolute Gasteiger partial charge is 0.325 e. The van der Waals surface area contributed by atoms with Crippen molar-refractivity contribution in [1.29, 1.82) is 0 Å². The number of nitrogens with zero attached hydrogens (tertiary/aromatic N) is 2. The first kappa shape index (κ1) is 15.6. The number of thioether (sulfide) groups is 1. The molecule has 0 saturated carbocycles. The number of amides is 1. The van der Waals surface area contributed by atoms with E-state index in [0.29, 0.717) is 5.69 Å². The van der Waals surface area contributed by atoms with Crippen molar-refractivity contribution in [3.05, 3.63) is 54.3 Å². The quantitative estimate of drug-likeness (QED) is 0.722. The molecule has 1 amide bonds. The number of anilines is 1. The number of hydrogen-bond acceptors (Lipinski definition) is 3. The molecule has 0 fully saturated rings. The van der Waals surface area contributed by atoms with Crippen LogP contribution in [0.3, 0.4) is 0 Å². The molecule has 0 spiro atoms. The standard InChI is InChI=1S/C17H16FN3OS/c1-2-23-17-20-14-5-3-4-6-15(14)21(17)11-16(22)19-13-9-7-12(18)8-10-13/h3-10H,2,11H2,1H3,(H,19,22). The van der Waals surface area contributed by atoms with Crippen molar-refractivity contribution < 1.29 is 9.18 Å². The summed E-state index contributed by atoms with van der Waals surface area (Å²) in [5.41, 5.74) is 2.38. The lowest BCUT2D eigenvalue weighted by Gasteiger charge is -2.09. The Kier molecular flexibility index (Phi) is 4.62. The number of benzene rings is 2. The van der Waals surface area contributed by atoms with Gasteiger partial charge in [-0.2, -0.15) is 0 Å². The molecule has 0 aliphatic rings. The summed E-state index contributed by atoms with van der Waals surface area (Å²) in [6, 6.07) is 13.5. The number of halogens is 1. The van der Waals surface area contributed by atoms with Gasteiger partial charge in [-0.15, -0.1) is 0 Å². The first-order valence-electron chi connectivity index (χ1n) is 7.31. The van der Waals surface area contributed by atoms with Gasteiger partial charge in [-0.25, -0.2) is 9.37 Å². The molecule has 0 aliphatic carbocycles. The van der Waals surface area contributed by atoms with Crippen molar-refractivity contribution >= 4 is 34.4 Å². The Morgan fingerprint density at radius 1 is 1.22 bits per heavy atom. The number of fused-ring (bicyclic) bond motifs is 1. The number of aromatic nitrogens is 2. The Morgan fingerprint density at radius 3 is 2.70 bits per heavy atom. The molecule has 1 heterocycles. The monoisotopic (exact) mass is 329 g/mol. The normalized spacial score (nSPS) is 10.9. The highest BCUT2D eigenvalue weighted by Gasteiger charge is 2.13. The highest BCUT2D eigenvalue weighted by atomic mass is 32.2. The van der Waals surface area contributed by atoms with E-state index in [-0.39, 0.29) is 18.3 Å². The Balaban J connectivity index is 1.83. The molecule has 0 atom stereocenters. The minimum Gasteiger partial charge on any atom is -0.325 e. The van der Waals surface area contributed by atoms with E-state index in [9.17, 15) is 9.18 Å². The van der Waals surface area contributed by atoms with E-state index in [2.05, 4.69) is 10.3 Å². The Morgan fingerprint density at radius 2 is 1.96 bits per heavy atom. The third-order valence-electron chi connectivity index (χ3n) is 3.32. The van der Waals surface area contributed by atoms with E-state index < -0.39 is 0 Å². The first-order valence-corrected chi connectivity index (χ1v) is 8.29. The van der Waals surface area contributed by atoms with Crippen LogP contribution in [0.25, 0.3) is 11.0 Å². The molecule has 6 heteroatoms. The van der Waals surface area contributed by atoms with Crippen LogP contribution >= 0.6 is 11.8 Å². The minimum atomic E-state index is -0.328. The number of para-hydroxylation sites is 2. The van der Waals surface area contributed by atoms with Crippen molar-refractivity contribution in [2.45, 2.75) is 18.6 Å². The molecule has 1 aromatic heterocycles. The van der Waals surface area contributed by atoms with Crippen LogP contribution < -0.4 is 5.32 Å². The zero-order chi connectivity index (χ0) is 16.2. The van der Waals surface area contributed by atoms with E-state index in [1.807, 2.05) is 35.8 Å². The molecule has 0 unspecified atom stereocenters. The van der Waals surface area contributed by atoms with Crippen molar-refractivity contribution in [3.63, 3.8) is 0 Å². The van der Waals surface area contributed by atoms with Crippen molar-refractivity contribution in [2.75, 3.05) is 11.1 Å². The number of imidazole rings is 1. The second kappa shape index (κ2) is 6.83. The molecule has 3 aromatic rings. The van der Waals surface area contributed by atoms with Crippen LogP contribution in [-0.2, 0) is 11.3 Å². The summed E-state index contributed by atoms with van der Waals surface area (Å²) < 4.78 is 14.8. The predicted molar refractivity (Wildman–Crippen MR) is 91.2 cm³/mol. The van der Waals surface area contributed by atoms with Crippen LogP contribution in [0.4, 0.5) is 10.1 Å². The molecule has 118 valence electrons. The second-order valence-electron chi connectivity index (χ2n) is 4.96. The van der Waals surface area contributed by atoms with E-state index in [1.165, 1.54) is 12.1 Å². The molecule has 0 bridgehead atoms. The molecule has 4 nitrogen and oxygen atoms in total. The lowest BCUT2D eigenvalue weighted by Crippen LogP contribution is -2.19. The number of carbonyl (C=O) groups is 1.